The molecule has 1 aromatic carbocycles. The topological polar surface area (TPSA) is 32.3 Å². The molecule has 3 nitrogen and oxygen atoms in total. The van der Waals surface area contributed by atoms with Crippen LogP contribution in [0.2, 0.25) is 0 Å². The number of hydrogen-bond acceptors (Lipinski definition) is 3. The van der Waals surface area contributed by atoms with Crippen LogP contribution >= 0.6 is 11.3 Å². The monoisotopic (exact) mass is 342 g/mol. The average molecular weight is 343 g/mol. The number of fused-ring (bicyclic) bond motifs is 1. The van der Waals surface area contributed by atoms with E-state index in [9.17, 15) is 4.79 Å². The lowest BCUT2D eigenvalue weighted by Gasteiger charge is -2.23. The minimum Gasteiger partial charge on any atom is -0.370 e. The largest absolute Gasteiger partial charge is 0.370 e. The third-order valence-electron chi connectivity index (χ3n) is 4.82. The maximum Gasteiger partial charge on any atom is 0.252 e. The van der Waals surface area contributed by atoms with Crippen LogP contribution in [0.3, 0.4) is 0 Å². The number of nitrogens with zero attached hydrogens (tertiary/aromatic N) is 1. The third-order valence-corrected chi connectivity index (χ3v) is 5.87. The average Bonchev–Trinajstić information content (AvgIpc) is 3.02. The van der Waals surface area contributed by atoms with Gasteiger partial charge in [-0.1, -0.05) is 25.1 Å². The molecule has 1 N–H and O–H groups in total. The quantitative estimate of drug-likeness (QED) is 0.856. The van der Waals surface area contributed by atoms with E-state index in [-0.39, 0.29) is 5.91 Å². The molecule has 0 fully saturated rings. The molecule has 1 aromatic heterocycles. The van der Waals surface area contributed by atoms with E-state index in [1.165, 1.54) is 22.5 Å². The third kappa shape index (κ3) is 3.81. The van der Waals surface area contributed by atoms with Crippen molar-refractivity contribution >= 4 is 22.9 Å². The molecule has 0 unspecified atom stereocenters. The number of carbonyl (C=O) groups is 1. The van der Waals surface area contributed by atoms with Crippen LogP contribution < -0.4 is 10.2 Å². The van der Waals surface area contributed by atoms with E-state index >= 15 is 0 Å². The van der Waals surface area contributed by atoms with Gasteiger partial charge in [-0.15, -0.1) is 11.3 Å². The summed E-state index contributed by atoms with van der Waals surface area (Å²) in [6.45, 7) is 6.88. The smallest absolute Gasteiger partial charge is 0.252 e. The summed E-state index contributed by atoms with van der Waals surface area (Å²) in [5, 5.41) is 5.16. The minimum absolute atomic E-state index is 0.0890. The molecule has 4 heteroatoms. The lowest BCUT2D eigenvalue weighted by atomic mass is 9.88. The fraction of sp³-hybridized carbons (Fsp3) is 0.450. The number of likely N-dealkylation sites (N-methyl/N-ethyl adjacent to an activating group) is 1. The molecule has 0 spiro atoms. The molecule has 2 aromatic rings. The van der Waals surface area contributed by atoms with Crippen LogP contribution in [0.4, 0.5) is 5.69 Å². The van der Waals surface area contributed by atoms with Gasteiger partial charge in [0.2, 0.25) is 0 Å². The molecule has 1 heterocycles. The van der Waals surface area contributed by atoms with E-state index in [1.54, 1.807) is 11.3 Å². The van der Waals surface area contributed by atoms with E-state index in [2.05, 4.69) is 48.3 Å². The molecule has 0 saturated carbocycles. The summed E-state index contributed by atoms with van der Waals surface area (Å²) in [5.41, 5.74) is 3.41. The van der Waals surface area contributed by atoms with E-state index in [1.807, 2.05) is 11.4 Å². The maximum absolute atomic E-state index is 12.5. The summed E-state index contributed by atoms with van der Waals surface area (Å²) in [6.07, 6.45) is 3.38. The summed E-state index contributed by atoms with van der Waals surface area (Å²) in [5.74, 6) is 0.835. The first-order chi connectivity index (χ1) is 11.7. The Kier molecular flexibility index (Phi) is 5.56. The summed E-state index contributed by atoms with van der Waals surface area (Å²) in [6, 6.07) is 10.4. The lowest BCUT2D eigenvalue weighted by Crippen LogP contribution is -2.35. The number of hydrogen-bond donors (Lipinski definition) is 1. The number of benzene rings is 1. The molecule has 1 atom stereocenters. The molecule has 24 heavy (non-hydrogen) atoms. The lowest BCUT2D eigenvalue weighted by molar-refractivity contribution is 0.0954. The zero-order valence-corrected chi connectivity index (χ0v) is 15.4. The normalized spacial score (nSPS) is 16.5. The standard InChI is InChI=1S/C20H26N2OS/c1-3-22(16-7-5-4-6-8-16)12-11-21-20(23)18-14-24-19-13-15(2)9-10-17(18)19/h4-8,14-15H,3,9-13H2,1-2H3,(H,21,23)/t15-/m0/s1. The van der Waals surface area contributed by atoms with E-state index in [0.717, 1.165) is 37.4 Å². The van der Waals surface area contributed by atoms with Crippen LogP contribution in [0.25, 0.3) is 0 Å². The van der Waals surface area contributed by atoms with Crippen molar-refractivity contribution in [3.8, 4) is 0 Å². The van der Waals surface area contributed by atoms with Crippen molar-refractivity contribution in [3.63, 3.8) is 0 Å². The van der Waals surface area contributed by atoms with E-state index in [0.29, 0.717) is 6.54 Å². The van der Waals surface area contributed by atoms with Gasteiger partial charge in [-0.05, 0) is 49.8 Å². The molecule has 1 aliphatic carbocycles. The molecular formula is C20H26N2OS. The van der Waals surface area contributed by atoms with Crippen LogP contribution in [0.15, 0.2) is 35.7 Å². The van der Waals surface area contributed by atoms with Gasteiger partial charge >= 0.3 is 0 Å². The van der Waals surface area contributed by atoms with Gasteiger partial charge in [0.05, 0.1) is 5.56 Å². The Labute approximate surface area is 148 Å². The maximum atomic E-state index is 12.5. The Morgan fingerprint density at radius 1 is 1.33 bits per heavy atom. The zero-order chi connectivity index (χ0) is 16.9. The van der Waals surface area contributed by atoms with Gasteiger partial charge in [0.15, 0.2) is 0 Å². The summed E-state index contributed by atoms with van der Waals surface area (Å²) >= 11 is 1.75. The van der Waals surface area contributed by atoms with E-state index < -0.39 is 0 Å². The number of nitrogens with one attached hydrogen (secondary N) is 1. The first-order valence-corrected chi connectivity index (χ1v) is 9.74. The number of thiophene rings is 1. The van der Waals surface area contributed by atoms with Crippen LogP contribution in [0.5, 0.6) is 0 Å². The highest BCUT2D eigenvalue weighted by Crippen LogP contribution is 2.32. The number of anilines is 1. The van der Waals surface area contributed by atoms with Crippen molar-refractivity contribution in [1.29, 1.82) is 0 Å². The number of amides is 1. The molecule has 0 aliphatic heterocycles. The highest BCUT2D eigenvalue weighted by molar-refractivity contribution is 7.10. The van der Waals surface area contributed by atoms with Crippen LogP contribution in [0, 0.1) is 5.92 Å². The SMILES string of the molecule is CCN(CCNC(=O)c1csc2c1CC[C@H](C)C2)c1ccccc1. The number of para-hydroxylation sites is 1. The second kappa shape index (κ2) is 7.84. The Hall–Kier alpha value is -1.81. The Bertz CT molecular complexity index is 680. The van der Waals surface area contributed by atoms with Crippen LogP contribution in [-0.2, 0) is 12.8 Å². The van der Waals surface area contributed by atoms with Gasteiger partial charge in [0.25, 0.3) is 5.91 Å². The second-order valence-corrected chi connectivity index (χ2v) is 7.53. The second-order valence-electron chi connectivity index (χ2n) is 6.57. The van der Waals surface area contributed by atoms with Gasteiger partial charge in [-0.3, -0.25) is 4.79 Å². The first kappa shape index (κ1) is 17.0. The number of carbonyl (C=O) groups excluding carboxylic acids is 1. The van der Waals surface area contributed by atoms with Crippen LogP contribution in [0.1, 0.15) is 41.1 Å². The zero-order valence-electron chi connectivity index (χ0n) is 14.5. The molecule has 0 radical (unpaired) electrons. The molecule has 0 bridgehead atoms. The Morgan fingerprint density at radius 3 is 2.88 bits per heavy atom. The molecule has 1 aliphatic rings. The summed E-state index contributed by atoms with van der Waals surface area (Å²) in [4.78, 5) is 16.2. The highest BCUT2D eigenvalue weighted by atomic mass is 32.1. The van der Waals surface area contributed by atoms with Crippen molar-refractivity contribution in [2.45, 2.75) is 33.1 Å². The van der Waals surface area contributed by atoms with Crippen molar-refractivity contribution in [2.75, 3.05) is 24.5 Å². The fourth-order valence-electron chi connectivity index (χ4n) is 3.38. The number of rotatable bonds is 6. The van der Waals surface area contributed by atoms with Gasteiger partial charge in [0.1, 0.15) is 0 Å². The summed E-state index contributed by atoms with van der Waals surface area (Å²) < 4.78 is 0. The fourth-order valence-corrected chi connectivity index (χ4v) is 4.62. The molecule has 3 rings (SSSR count). The molecule has 128 valence electrons. The molecular weight excluding hydrogens is 316 g/mol. The van der Waals surface area contributed by atoms with Gasteiger partial charge < -0.3 is 10.2 Å². The van der Waals surface area contributed by atoms with Crippen molar-refractivity contribution in [2.24, 2.45) is 5.92 Å². The highest BCUT2D eigenvalue weighted by Gasteiger charge is 2.23. The van der Waals surface area contributed by atoms with Crippen LogP contribution in [-0.4, -0.2) is 25.5 Å². The Balaban J connectivity index is 1.56. The Morgan fingerprint density at radius 2 is 2.12 bits per heavy atom. The van der Waals surface area contributed by atoms with Crippen molar-refractivity contribution < 1.29 is 4.79 Å². The first-order valence-electron chi connectivity index (χ1n) is 8.86. The molecule has 0 saturated heterocycles. The van der Waals surface area contributed by atoms with Gasteiger partial charge in [-0.2, -0.15) is 0 Å². The van der Waals surface area contributed by atoms with E-state index in [4.69, 9.17) is 0 Å². The van der Waals surface area contributed by atoms with Gasteiger partial charge in [-0.25, -0.2) is 0 Å². The predicted octanol–water partition coefficient (Wildman–Crippen LogP) is 4.13. The van der Waals surface area contributed by atoms with Gasteiger partial charge in [0, 0.05) is 35.6 Å². The van der Waals surface area contributed by atoms with Crippen molar-refractivity contribution in [3.05, 3.63) is 51.7 Å². The summed E-state index contributed by atoms with van der Waals surface area (Å²) in [7, 11) is 0. The predicted molar refractivity (Wildman–Crippen MR) is 102 cm³/mol. The minimum atomic E-state index is 0.0890. The van der Waals surface area contributed by atoms with Crippen molar-refractivity contribution in [1.82, 2.24) is 5.32 Å². The molecule has 1 amide bonds.